The van der Waals surface area contributed by atoms with E-state index >= 15 is 0 Å². The molecule has 1 aliphatic heterocycles. The van der Waals surface area contributed by atoms with Gasteiger partial charge in [-0.3, -0.25) is 14.4 Å². The first-order chi connectivity index (χ1) is 10.7. The smallest absolute Gasteiger partial charge is 0.317 e. The molecule has 0 spiro atoms. The SMILES string of the molecule is O=C(O)C(CCNC(=O)[C@@H]1O[C@H](CO)[C@@H](O)[C@H](O)[C@@H]1O)C(=O)O. The van der Waals surface area contributed by atoms with Crippen LogP contribution in [-0.4, -0.2) is 92.2 Å². The van der Waals surface area contributed by atoms with Gasteiger partial charge in [-0.1, -0.05) is 0 Å². The van der Waals surface area contributed by atoms with E-state index in [0.29, 0.717) is 0 Å². The Labute approximate surface area is 130 Å². The molecule has 0 aromatic heterocycles. The lowest BCUT2D eigenvalue weighted by Crippen LogP contribution is -2.62. The molecule has 1 rings (SSSR count). The number of nitrogens with one attached hydrogen (secondary N) is 1. The first kappa shape index (κ1) is 19.3. The number of carboxylic acid groups (broad SMARTS) is 2. The molecule has 1 aliphatic rings. The minimum Gasteiger partial charge on any atom is -0.481 e. The van der Waals surface area contributed by atoms with Crippen LogP contribution in [0.2, 0.25) is 0 Å². The Morgan fingerprint density at radius 3 is 2.04 bits per heavy atom. The lowest BCUT2D eigenvalue weighted by Gasteiger charge is -2.39. The number of aliphatic hydroxyl groups excluding tert-OH is 4. The van der Waals surface area contributed by atoms with Crippen LogP contribution in [0.3, 0.4) is 0 Å². The highest BCUT2D eigenvalue weighted by molar-refractivity contribution is 5.92. The number of hydrogen-bond acceptors (Lipinski definition) is 8. The number of hydrogen-bond donors (Lipinski definition) is 7. The minimum atomic E-state index is -1.76. The molecular weight excluding hydrogens is 318 g/mol. The van der Waals surface area contributed by atoms with Gasteiger partial charge in [-0.05, 0) is 6.42 Å². The predicted octanol–water partition coefficient (Wildman–Crippen LogP) is -3.88. The van der Waals surface area contributed by atoms with Crippen molar-refractivity contribution in [1.82, 2.24) is 5.32 Å². The fourth-order valence-electron chi connectivity index (χ4n) is 2.11. The average molecular weight is 337 g/mol. The zero-order chi connectivity index (χ0) is 17.7. The Hall–Kier alpha value is -1.79. The largest absolute Gasteiger partial charge is 0.481 e. The number of carbonyl (C=O) groups is 3. The fourth-order valence-corrected chi connectivity index (χ4v) is 2.11. The van der Waals surface area contributed by atoms with E-state index in [2.05, 4.69) is 5.32 Å². The highest BCUT2D eigenvalue weighted by atomic mass is 16.5. The van der Waals surface area contributed by atoms with Crippen molar-refractivity contribution < 1.29 is 49.8 Å². The summed E-state index contributed by atoms with van der Waals surface area (Å²) in [5, 5.41) is 57.4. The molecule has 1 saturated heterocycles. The van der Waals surface area contributed by atoms with E-state index in [0.717, 1.165) is 0 Å². The molecule has 0 aromatic carbocycles. The van der Waals surface area contributed by atoms with E-state index in [-0.39, 0.29) is 6.54 Å². The molecule has 0 saturated carbocycles. The van der Waals surface area contributed by atoms with Gasteiger partial charge in [-0.2, -0.15) is 0 Å². The molecule has 0 unspecified atom stereocenters. The highest BCUT2D eigenvalue weighted by Crippen LogP contribution is 2.21. The van der Waals surface area contributed by atoms with E-state index in [1.54, 1.807) is 0 Å². The minimum absolute atomic E-state index is 0.322. The summed E-state index contributed by atoms with van der Waals surface area (Å²) in [7, 11) is 0. The number of aliphatic hydroxyl groups is 4. The molecule has 1 amide bonds. The van der Waals surface area contributed by atoms with E-state index < -0.39 is 67.3 Å². The molecular formula is C12H19NO10. The van der Waals surface area contributed by atoms with Gasteiger partial charge < -0.3 is 40.7 Å². The van der Waals surface area contributed by atoms with Crippen LogP contribution in [0, 0.1) is 5.92 Å². The quantitative estimate of drug-likeness (QED) is 0.226. The Morgan fingerprint density at radius 2 is 1.57 bits per heavy atom. The van der Waals surface area contributed by atoms with Crippen molar-refractivity contribution in [1.29, 1.82) is 0 Å². The number of ether oxygens (including phenoxy) is 1. The number of carbonyl (C=O) groups excluding carboxylic acids is 1. The third-order valence-corrected chi connectivity index (χ3v) is 3.48. The lowest BCUT2D eigenvalue weighted by atomic mass is 9.94. The Morgan fingerprint density at radius 1 is 1.00 bits per heavy atom. The summed E-state index contributed by atoms with van der Waals surface area (Å²) < 4.78 is 4.99. The third-order valence-electron chi connectivity index (χ3n) is 3.48. The molecule has 5 atom stereocenters. The Kier molecular flexibility index (Phi) is 6.84. The van der Waals surface area contributed by atoms with Crippen LogP contribution in [0.4, 0.5) is 0 Å². The van der Waals surface area contributed by atoms with Crippen LogP contribution in [0.15, 0.2) is 0 Å². The zero-order valence-corrected chi connectivity index (χ0v) is 11.9. The van der Waals surface area contributed by atoms with Gasteiger partial charge >= 0.3 is 11.9 Å². The maximum Gasteiger partial charge on any atom is 0.317 e. The van der Waals surface area contributed by atoms with Gasteiger partial charge in [0.15, 0.2) is 12.0 Å². The molecule has 11 heteroatoms. The van der Waals surface area contributed by atoms with Crippen LogP contribution in [-0.2, 0) is 19.1 Å². The molecule has 0 aliphatic carbocycles. The van der Waals surface area contributed by atoms with Crippen molar-refractivity contribution >= 4 is 17.8 Å². The van der Waals surface area contributed by atoms with Crippen molar-refractivity contribution in [3.63, 3.8) is 0 Å². The van der Waals surface area contributed by atoms with Crippen LogP contribution in [0.1, 0.15) is 6.42 Å². The van der Waals surface area contributed by atoms with Gasteiger partial charge in [-0.25, -0.2) is 0 Å². The van der Waals surface area contributed by atoms with Gasteiger partial charge in [0.2, 0.25) is 0 Å². The molecule has 132 valence electrons. The zero-order valence-electron chi connectivity index (χ0n) is 11.9. The van der Waals surface area contributed by atoms with Gasteiger partial charge in [0.1, 0.15) is 24.4 Å². The summed E-state index contributed by atoms with van der Waals surface area (Å²) in [5.41, 5.74) is 0. The standard InChI is InChI=1S/C12H19NO10/c14-3-5-6(15)7(16)8(17)9(23-5)10(18)13-2-1-4(11(19)20)12(21)22/h4-9,14-17H,1-3H2,(H,13,18)(H,19,20)(H,21,22)/t5-,6-,7+,8+,9-/m1/s1. The number of aliphatic carboxylic acids is 2. The van der Waals surface area contributed by atoms with Gasteiger partial charge in [0, 0.05) is 6.54 Å². The summed E-state index contributed by atoms with van der Waals surface area (Å²) in [6, 6.07) is 0. The lowest BCUT2D eigenvalue weighted by molar-refractivity contribution is -0.226. The van der Waals surface area contributed by atoms with Crippen molar-refractivity contribution in [2.75, 3.05) is 13.2 Å². The van der Waals surface area contributed by atoms with Crippen molar-refractivity contribution in [2.24, 2.45) is 5.92 Å². The number of amides is 1. The van der Waals surface area contributed by atoms with E-state index in [9.17, 15) is 29.7 Å². The van der Waals surface area contributed by atoms with E-state index in [4.69, 9.17) is 20.1 Å². The van der Waals surface area contributed by atoms with Crippen molar-refractivity contribution in [3.8, 4) is 0 Å². The maximum absolute atomic E-state index is 11.9. The topological polar surface area (TPSA) is 194 Å². The molecule has 0 radical (unpaired) electrons. The van der Waals surface area contributed by atoms with Crippen LogP contribution in [0.5, 0.6) is 0 Å². The summed E-state index contributed by atoms with van der Waals surface area (Å²) in [6.45, 7) is -1.02. The van der Waals surface area contributed by atoms with Crippen LogP contribution in [0.25, 0.3) is 0 Å². The maximum atomic E-state index is 11.9. The fraction of sp³-hybridized carbons (Fsp3) is 0.750. The first-order valence-electron chi connectivity index (χ1n) is 6.74. The van der Waals surface area contributed by atoms with Gasteiger partial charge in [0.25, 0.3) is 5.91 Å². The molecule has 1 heterocycles. The summed E-state index contributed by atoms with van der Waals surface area (Å²) >= 11 is 0. The van der Waals surface area contributed by atoms with Gasteiger partial charge in [0.05, 0.1) is 6.61 Å². The molecule has 0 aromatic rings. The first-order valence-corrected chi connectivity index (χ1v) is 6.74. The second kappa shape index (κ2) is 8.17. The summed E-state index contributed by atoms with van der Waals surface area (Å²) in [6.07, 6.45) is -8.34. The second-order valence-corrected chi connectivity index (χ2v) is 5.06. The number of carboxylic acids is 2. The van der Waals surface area contributed by atoms with Crippen molar-refractivity contribution in [2.45, 2.75) is 36.9 Å². The second-order valence-electron chi connectivity index (χ2n) is 5.06. The average Bonchev–Trinajstić information content (AvgIpc) is 2.48. The van der Waals surface area contributed by atoms with Crippen LogP contribution >= 0.6 is 0 Å². The predicted molar refractivity (Wildman–Crippen MR) is 70.2 cm³/mol. The van der Waals surface area contributed by atoms with Gasteiger partial charge in [-0.15, -0.1) is 0 Å². The van der Waals surface area contributed by atoms with Crippen molar-refractivity contribution in [3.05, 3.63) is 0 Å². The molecule has 11 nitrogen and oxygen atoms in total. The Bertz CT molecular complexity index is 439. The molecule has 1 fully saturated rings. The molecule has 0 bridgehead atoms. The van der Waals surface area contributed by atoms with E-state index in [1.165, 1.54) is 0 Å². The van der Waals surface area contributed by atoms with Crippen LogP contribution < -0.4 is 5.32 Å². The van der Waals surface area contributed by atoms with E-state index in [1.807, 2.05) is 0 Å². The third kappa shape index (κ3) is 4.59. The number of rotatable bonds is 7. The Balaban J connectivity index is 2.60. The molecule has 23 heavy (non-hydrogen) atoms. The molecule has 7 N–H and O–H groups in total. The highest BCUT2D eigenvalue weighted by Gasteiger charge is 2.46. The summed E-state index contributed by atoms with van der Waals surface area (Å²) in [4.78, 5) is 33.2. The normalized spacial score (nSPS) is 30.9. The monoisotopic (exact) mass is 337 g/mol. The summed E-state index contributed by atoms with van der Waals surface area (Å²) in [5.74, 6) is -5.75.